The number of nitrogens with zero attached hydrogens (tertiary/aromatic N) is 1. The molecule has 0 unspecified atom stereocenters. The van der Waals surface area contributed by atoms with Crippen molar-refractivity contribution >= 4 is 5.96 Å². The maximum absolute atomic E-state index is 5.66. The van der Waals surface area contributed by atoms with Gasteiger partial charge in [-0.15, -0.1) is 0 Å². The lowest BCUT2D eigenvalue weighted by atomic mass is 9.83. The summed E-state index contributed by atoms with van der Waals surface area (Å²) in [4.78, 5) is 4.79. The monoisotopic (exact) mass is 389 g/mol. The molecule has 0 amide bonds. The van der Waals surface area contributed by atoms with Crippen LogP contribution < -0.4 is 10.6 Å². The Labute approximate surface area is 171 Å². The van der Waals surface area contributed by atoms with Crippen molar-refractivity contribution in [3.05, 3.63) is 35.4 Å². The van der Waals surface area contributed by atoms with Crippen molar-refractivity contribution in [3.63, 3.8) is 0 Å². The van der Waals surface area contributed by atoms with E-state index in [9.17, 15) is 0 Å². The molecule has 1 fully saturated rings. The molecule has 1 saturated carbocycles. The van der Waals surface area contributed by atoms with Crippen LogP contribution in [0.1, 0.15) is 64.0 Å². The van der Waals surface area contributed by atoms with Crippen molar-refractivity contribution in [2.45, 2.75) is 72.1 Å². The Morgan fingerprint density at radius 2 is 1.79 bits per heavy atom. The Kier molecular flexibility index (Phi) is 9.79. The second kappa shape index (κ2) is 12.1. The van der Waals surface area contributed by atoms with E-state index in [4.69, 9.17) is 14.5 Å². The average Bonchev–Trinajstić information content (AvgIpc) is 3.17. The van der Waals surface area contributed by atoms with Gasteiger partial charge in [0.05, 0.1) is 19.3 Å². The number of aliphatic imine (C=N–C) groups is 1. The summed E-state index contributed by atoms with van der Waals surface area (Å²) in [5.74, 6) is 0.901. The van der Waals surface area contributed by atoms with Crippen LogP contribution in [-0.4, -0.2) is 38.9 Å². The van der Waals surface area contributed by atoms with Gasteiger partial charge in [0.25, 0.3) is 0 Å². The highest BCUT2D eigenvalue weighted by molar-refractivity contribution is 5.79. The molecule has 0 aromatic heterocycles. The van der Waals surface area contributed by atoms with E-state index in [1.54, 1.807) is 7.11 Å². The summed E-state index contributed by atoms with van der Waals surface area (Å²) in [6.07, 6.45) is 6.59. The fourth-order valence-electron chi connectivity index (χ4n) is 3.75. The quantitative estimate of drug-likeness (QED) is 0.438. The Bertz CT molecular complexity index is 578. The minimum atomic E-state index is 0.255. The van der Waals surface area contributed by atoms with Crippen LogP contribution in [-0.2, 0) is 22.6 Å². The first-order chi connectivity index (χ1) is 13.6. The highest BCUT2D eigenvalue weighted by Crippen LogP contribution is 2.40. The molecular formula is C23H39N3O2. The van der Waals surface area contributed by atoms with Gasteiger partial charge in [0.1, 0.15) is 0 Å². The number of ether oxygens (including phenoxy) is 2. The fraction of sp³-hybridized carbons (Fsp3) is 0.696. The van der Waals surface area contributed by atoms with Crippen LogP contribution in [0.2, 0.25) is 0 Å². The highest BCUT2D eigenvalue weighted by atomic mass is 16.5. The van der Waals surface area contributed by atoms with Gasteiger partial charge in [-0.05, 0) is 56.6 Å². The molecule has 0 radical (unpaired) electrons. The summed E-state index contributed by atoms with van der Waals surface area (Å²) in [5, 5.41) is 6.97. The smallest absolute Gasteiger partial charge is 0.191 e. The number of hydrogen-bond acceptors (Lipinski definition) is 3. The van der Waals surface area contributed by atoms with Crippen LogP contribution in [0, 0.1) is 5.41 Å². The molecule has 5 heteroatoms. The zero-order valence-electron chi connectivity index (χ0n) is 18.2. The van der Waals surface area contributed by atoms with Crippen molar-refractivity contribution in [2.24, 2.45) is 10.4 Å². The lowest BCUT2D eigenvalue weighted by Crippen LogP contribution is -2.43. The van der Waals surface area contributed by atoms with Gasteiger partial charge in [0.2, 0.25) is 0 Å². The first-order valence-corrected chi connectivity index (χ1v) is 10.8. The summed E-state index contributed by atoms with van der Waals surface area (Å²) in [6, 6.07) is 8.55. The predicted octanol–water partition coefficient (Wildman–Crippen LogP) is 4.26. The Morgan fingerprint density at radius 3 is 2.39 bits per heavy atom. The van der Waals surface area contributed by atoms with Gasteiger partial charge in [0.15, 0.2) is 5.96 Å². The zero-order valence-corrected chi connectivity index (χ0v) is 18.2. The van der Waals surface area contributed by atoms with E-state index < -0.39 is 0 Å². The van der Waals surface area contributed by atoms with Crippen LogP contribution in [0.5, 0.6) is 0 Å². The minimum absolute atomic E-state index is 0.255. The highest BCUT2D eigenvalue weighted by Gasteiger charge is 2.33. The second-order valence-electron chi connectivity index (χ2n) is 8.17. The zero-order chi connectivity index (χ0) is 20.2. The molecule has 1 aliphatic rings. The minimum Gasteiger partial charge on any atom is -0.385 e. The third kappa shape index (κ3) is 7.80. The van der Waals surface area contributed by atoms with Crippen LogP contribution in [0.25, 0.3) is 0 Å². The molecule has 2 rings (SSSR count). The van der Waals surface area contributed by atoms with Gasteiger partial charge in [0, 0.05) is 26.8 Å². The third-order valence-corrected chi connectivity index (χ3v) is 5.50. The molecule has 5 nitrogen and oxygen atoms in total. The van der Waals surface area contributed by atoms with E-state index in [-0.39, 0.29) is 6.10 Å². The molecule has 2 N–H and O–H groups in total. The third-order valence-electron chi connectivity index (χ3n) is 5.50. The number of rotatable bonds is 11. The first kappa shape index (κ1) is 22.7. The number of hydrogen-bond donors (Lipinski definition) is 2. The summed E-state index contributed by atoms with van der Waals surface area (Å²) < 4.78 is 11.0. The molecule has 1 aromatic carbocycles. The van der Waals surface area contributed by atoms with E-state index in [1.807, 2.05) is 0 Å². The van der Waals surface area contributed by atoms with E-state index in [0.717, 1.165) is 32.1 Å². The van der Waals surface area contributed by atoms with Crippen molar-refractivity contribution in [3.8, 4) is 0 Å². The molecule has 158 valence electrons. The van der Waals surface area contributed by atoms with E-state index in [2.05, 4.69) is 55.7 Å². The first-order valence-electron chi connectivity index (χ1n) is 10.8. The summed E-state index contributed by atoms with van der Waals surface area (Å²) in [7, 11) is 1.79. The summed E-state index contributed by atoms with van der Waals surface area (Å²) in [5.41, 5.74) is 2.76. The lowest BCUT2D eigenvalue weighted by Gasteiger charge is -2.30. The number of methoxy groups -OCH3 is 1. The second-order valence-corrected chi connectivity index (χ2v) is 8.17. The largest absolute Gasteiger partial charge is 0.385 e. The Morgan fingerprint density at radius 1 is 1.11 bits per heavy atom. The van der Waals surface area contributed by atoms with Gasteiger partial charge in [-0.3, -0.25) is 0 Å². The van der Waals surface area contributed by atoms with Crippen LogP contribution in [0.3, 0.4) is 0 Å². The molecule has 0 heterocycles. The van der Waals surface area contributed by atoms with Crippen molar-refractivity contribution in [1.29, 1.82) is 0 Å². The molecule has 0 atom stereocenters. The van der Waals surface area contributed by atoms with Gasteiger partial charge in [-0.1, -0.05) is 37.1 Å². The molecule has 1 aromatic rings. The maximum atomic E-state index is 5.66. The Balaban J connectivity index is 1.90. The van der Waals surface area contributed by atoms with Crippen LogP contribution >= 0.6 is 0 Å². The maximum Gasteiger partial charge on any atom is 0.191 e. The number of benzene rings is 1. The van der Waals surface area contributed by atoms with Crippen molar-refractivity contribution in [1.82, 2.24) is 10.6 Å². The van der Waals surface area contributed by atoms with E-state index in [0.29, 0.717) is 18.6 Å². The normalized spacial score (nSPS) is 16.5. The van der Waals surface area contributed by atoms with Crippen LogP contribution in [0.4, 0.5) is 0 Å². The molecular weight excluding hydrogens is 350 g/mol. The SMILES string of the molecule is CCNC(=NCc1ccc(COC(C)C)cc1)NCC1(CCOC)CCCC1. The topological polar surface area (TPSA) is 54.9 Å². The average molecular weight is 390 g/mol. The Hall–Kier alpha value is -1.59. The summed E-state index contributed by atoms with van der Waals surface area (Å²) >= 11 is 0. The lowest BCUT2D eigenvalue weighted by molar-refractivity contribution is 0.0657. The van der Waals surface area contributed by atoms with E-state index >= 15 is 0 Å². The molecule has 0 bridgehead atoms. The molecule has 28 heavy (non-hydrogen) atoms. The van der Waals surface area contributed by atoms with Gasteiger partial charge in [-0.2, -0.15) is 0 Å². The molecule has 0 aliphatic heterocycles. The summed E-state index contributed by atoms with van der Waals surface area (Å²) in [6.45, 7) is 10.2. The standard InChI is InChI=1S/C23H39N3O2/c1-5-24-22(26-18-23(14-15-27-4)12-6-7-13-23)25-16-20-8-10-21(11-9-20)17-28-19(2)3/h8-11,19H,5-7,12-18H2,1-4H3,(H2,24,25,26). The molecule has 0 spiro atoms. The number of nitrogens with one attached hydrogen (secondary N) is 2. The number of guanidine groups is 1. The molecule has 0 saturated heterocycles. The van der Waals surface area contributed by atoms with Crippen LogP contribution in [0.15, 0.2) is 29.3 Å². The van der Waals surface area contributed by atoms with E-state index in [1.165, 1.54) is 36.8 Å². The fourth-order valence-corrected chi connectivity index (χ4v) is 3.75. The molecule has 1 aliphatic carbocycles. The van der Waals surface area contributed by atoms with Gasteiger partial charge >= 0.3 is 0 Å². The van der Waals surface area contributed by atoms with Gasteiger partial charge < -0.3 is 20.1 Å². The van der Waals surface area contributed by atoms with Crippen molar-refractivity contribution < 1.29 is 9.47 Å². The van der Waals surface area contributed by atoms with Crippen molar-refractivity contribution in [2.75, 3.05) is 26.8 Å². The predicted molar refractivity (Wildman–Crippen MR) is 117 cm³/mol. The van der Waals surface area contributed by atoms with Gasteiger partial charge in [-0.25, -0.2) is 4.99 Å².